The Kier molecular flexibility index (Phi) is 8.86. The van der Waals surface area contributed by atoms with Crippen LogP contribution in [0.5, 0.6) is 5.75 Å². The van der Waals surface area contributed by atoms with Gasteiger partial charge < -0.3 is 15.2 Å². The first kappa shape index (κ1) is 21.0. The van der Waals surface area contributed by atoms with E-state index in [-0.39, 0.29) is 6.61 Å². The zero-order valence-electron chi connectivity index (χ0n) is 14.8. The molecule has 0 atom stereocenters. The molecule has 8 heteroatoms. The van der Waals surface area contributed by atoms with E-state index in [0.717, 1.165) is 15.8 Å². The predicted molar refractivity (Wildman–Crippen MR) is 113 cm³/mol. The van der Waals surface area contributed by atoms with E-state index in [1.807, 2.05) is 42.5 Å². The lowest BCUT2D eigenvalue weighted by Crippen LogP contribution is -2.15. The lowest BCUT2D eigenvalue weighted by molar-refractivity contribution is -0.145. The van der Waals surface area contributed by atoms with Crippen LogP contribution in [0.15, 0.2) is 63.2 Å². The summed E-state index contributed by atoms with van der Waals surface area (Å²) < 4.78 is 11.2. The normalized spacial score (nSPS) is 11.6. The first-order chi connectivity index (χ1) is 13.1. The van der Waals surface area contributed by atoms with Crippen molar-refractivity contribution in [2.45, 2.75) is 12.7 Å². The molecule has 0 bridgehead atoms. The molecule has 0 aliphatic heterocycles. The number of nitrogens with zero attached hydrogens (tertiary/aromatic N) is 2. The summed E-state index contributed by atoms with van der Waals surface area (Å²) in [6.45, 7) is 1.88. The van der Waals surface area contributed by atoms with Crippen molar-refractivity contribution in [3.63, 3.8) is 0 Å². The molecule has 27 heavy (non-hydrogen) atoms. The van der Waals surface area contributed by atoms with E-state index in [1.54, 1.807) is 13.0 Å². The van der Waals surface area contributed by atoms with E-state index >= 15 is 0 Å². The second-order valence-corrected chi connectivity index (χ2v) is 7.14. The SMILES string of the molecule is CCOC(=O)COc1ccc(Br)cc1C=NN=C(N)SCc1ccccc1. The molecule has 0 heterocycles. The van der Waals surface area contributed by atoms with Gasteiger partial charge in [-0.1, -0.05) is 58.0 Å². The highest BCUT2D eigenvalue weighted by atomic mass is 79.9. The summed E-state index contributed by atoms with van der Waals surface area (Å²) in [5.74, 6) is 0.792. The van der Waals surface area contributed by atoms with Crippen molar-refractivity contribution >= 4 is 45.0 Å². The third-order valence-electron chi connectivity index (χ3n) is 3.21. The topological polar surface area (TPSA) is 86.3 Å². The molecule has 0 amide bonds. The number of esters is 1. The highest BCUT2D eigenvalue weighted by Gasteiger charge is 2.07. The first-order valence-corrected chi connectivity index (χ1v) is 9.97. The number of rotatable bonds is 8. The van der Waals surface area contributed by atoms with Gasteiger partial charge in [-0.15, -0.1) is 5.10 Å². The number of benzene rings is 2. The fraction of sp³-hybridized carbons (Fsp3) is 0.211. The van der Waals surface area contributed by atoms with Crippen LogP contribution in [0, 0.1) is 0 Å². The molecule has 0 fully saturated rings. The monoisotopic (exact) mass is 449 g/mol. The molecule has 0 radical (unpaired) electrons. The second-order valence-electron chi connectivity index (χ2n) is 5.23. The third-order valence-corrected chi connectivity index (χ3v) is 4.55. The van der Waals surface area contributed by atoms with E-state index in [9.17, 15) is 4.79 Å². The van der Waals surface area contributed by atoms with Crippen LogP contribution in [0.1, 0.15) is 18.1 Å². The maximum absolute atomic E-state index is 11.5. The summed E-state index contributed by atoms with van der Waals surface area (Å²) in [4.78, 5) is 11.5. The van der Waals surface area contributed by atoms with Gasteiger partial charge in [0, 0.05) is 15.8 Å². The molecular formula is C19H20BrN3O3S. The number of carbonyl (C=O) groups is 1. The van der Waals surface area contributed by atoms with E-state index in [2.05, 4.69) is 26.1 Å². The van der Waals surface area contributed by atoms with E-state index in [0.29, 0.717) is 23.1 Å². The van der Waals surface area contributed by atoms with Gasteiger partial charge in [0.05, 0.1) is 12.8 Å². The average Bonchev–Trinajstić information content (AvgIpc) is 2.67. The molecule has 0 saturated heterocycles. The number of ether oxygens (including phenoxy) is 2. The van der Waals surface area contributed by atoms with Gasteiger partial charge in [-0.25, -0.2) is 4.79 Å². The van der Waals surface area contributed by atoms with Crippen molar-refractivity contribution in [1.29, 1.82) is 0 Å². The van der Waals surface area contributed by atoms with E-state index < -0.39 is 5.97 Å². The fourth-order valence-electron chi connectivity index (χ4n) is 2.00. The largest absolute Gasteiger partial charge is 0.481 e. The minimum Gasteiger partial charge on any atom is -0.481 e. The molecule has 2 N–H and O–H groups in total. The van der Waals surface area contributed by atoms with Crippen molar-refractivity contribution in [2.75, 3.05) is 13.2 Å². The second kappa shape index (κ2) is 11.4. The van der Waals surface area contributed by atoms with Crippen molar-refractivity contribution in [1.82, 2.24) is 0 Å². The third kappa shape index (κ3) is 7.84. The zero-order chi connectivity index (χ0) is 19.5. The molecule has 0 spiro atoms. The molecule has 2 rings (SSSR count). The maximum atomic E-state index is 11.5. The summed E-state index contributed by atoms with van der Waals surface area (Å²) in [7, 11) is 0. The Morgan fingerprint density at radius 2 is 2.04 bits per heavy atom. The Balaban J connectivity index is 1.97. The maximum Gasteiger partial charge on any atom is 0.344 e. The number of hydrogen-bond donors (Lipinski definition) is 1. The summed E-state index contributed by atoms with van der Waals surface area (Å²) >= 11 is 4.80. The molecule has 0 aliphatic rings. The van der Waals surface area contributed by atoms with Crippen molar-refractivity contribution in [3.8, 4) is 5.75 Å². The number of carbonyl (C=O) groups excluding carboxylic acids is 1. The van der Waals surface area contributed by atoms with Crippen LogP contribution in [-0.2, 0) is 15.3 Å². The van der Waals surface area contributed by atoms with Crippen LogP contribution in [0.4, 0.5) is 0 Å². The van der Waals surface area contributed by atoms with Crippen LogP contribution in [0.25, 0.3) is 0 Å². The fourth-order valence-corrected chi connectivity index (χ4v) is 2.99. The van der Waals surface area contributed by atoms with Gasteiger partial charge >= 0.3 is 5.97 Å². The molecule has 2 aromatic rings. The quantitative estimate of drug-likeness (QED) is 0.285. The Morgan fingerprint density at radius 3 is 2.78 bits per heavy atom. The van der Waals surface area contributed by atoms with Gasteiger partial charge in [0.1, 0.15) is 5.75 Å². The minimum absolute atomic E-state index is 0.172. The number of thioether (sulfide) groups is 1. The molecule has 6 nitrogen and oxygen atoms in total. The van der Waals surface area contributed by atoms with Gasteiger partial charge in [0.25, 0.3) is 0 Å². The van der Waals surface area contributed by atoms with Crippen LogP contribution in [0.3, 0.4) is 0 Å². The number of halogens is 1. The molecular weight excluding hydrogens is 430 g/mol. The van der Waals surface area contributed by atoms with Gasteiger partial charge in [-0.3, -0.25) is 0 Å². The zero-order valence-corrected chi connectivity index (χ0v) is 17.2. The smallest absolute Gasteiger partial charge is 0.344 e. The van der Waals surface area contributed by atoms with Gasteiger partial charge in [-0.05, 0) is 30.7 Å². The molecule has 0 unspecified atom stereocenters. The van der Waals surface area contributed by atoms with Crippen molar-refractivity contribution in [2.24, 2.45) is 15.9 Å². The Morgan fingerprint density at radius 1 is 1.26 bits per heavy atom. The van der Waals surface area contributed by atoms with Crippen molar-refractivity contribution in [3.05, 3.63) is 64.1 Å². The van der Waals surface area contributed by atoms with Crippen LogP contribution < -0.4 is 10.5 Å². The molecule has 0 saturated carbocycles. The molecule has 0 aliphatic carbocycles. The summed E-state index contributed by atoms with van der Waals surface area (Å²) in [5, 5.41) is 8.37. The Bertz CT molecular complexity index is 813. The van der Waals surface area contributed by atoms with Crippen LogP contribution >= 0.6 is 27.7 Å². The minimum atomic E-state index is -0.428. The lowest BCUT2D eigenvalue weighted by atomic mass is 10.2. The summed E-state index contributed by atoms with van der Waals surface area (Å²) in [6, 6.07) is 15.3. The molecule has 2 aromatic carbocycles. The standard InChI is InChI=1S/C19H20BrN3O3S/c1-2-25-18(24)12-26-17-9-8-16(20)10-15(17)11-22-23-19(21)27-13-14-6-4-3-5-7-14/h3-11H,2,12-13H2,1H3,(H2,21,23). The van der Waals surface area contributed by atoms with E-state index in [1.165, 1.54) is 18.0 Å². The van der Waals surface area contributed by atoms with Gasteiger partial charge in [0.15, 0.2) is 11.8 Å². The van der Waals surface area contributed by atoms with Gasteiger partial charge in [-0.2, -0.15) is 5.10 Å². The number of nitrogens with two attached hydrogens (primary N) is 1. The Labute approximate surface area is 171 Å². The van der Waals surface area contributed by atoms with Crippen LogP contribution in [-0.4, -0.2) is 30.6 Å². The number of hydrogen-bond acceptors (Lipinski definition) is 6. The molecule has 0 aromatic heterocycles. The molecule has 142 valence electrons. The average molecular weight is 450 g/mol. The van der Waals surface area contributed by atoms with Crippen LogP contribution in [0.2, 0.25) is 0 Å². The predicted octanol–water partition coefficient (Wildman–Crippen LogP) is 3.97. The van der Waals surface area contributed by atoms with E-state index in [4.69, 9.17) is 15.2 Å². The van der Waals surface area contributed by atoms with Crippen molar-refractivity contribution < 1.29 is 14.3 Å². The van der Waals surface area contributed by atoms with Gasteiger partial charge in [0.2, 0.25) is 0 Å². The first-order valence-electron chi connectivity index (χ1n) is 8.19. The summed E-state index contributed by atoms with van der Waals surface area (Å²) in [6.07, 6.45) is 1.53. The number of amidine groups is 1. The highest BCUT2D eigenvalue weighted by Crippen LogP contribution is 2.22. The lowest BCUT2D eigenvalue weighted by Gasteiger charge is -2.08. The Hall–Kier alpha value is -2.32. The highest BCUT2D eigenvalue weighted by molar-refractivity contribution is 9.10. The summed E-state index contributed by atoms with van der Waals surface area (Å²) in [5.41, 5.74) is 7.71.